The average molecular weight is 179 g/mol. The van der Waals surface area contributed by atoms with Crippen molar-refractivity contribution < 1.29 is 4.79 Å². The minimum Gasteiger partial charge on any atom is -0.360 e. The van der Waals surface area contributed by atoms with Gasteiger partial charge in [-0.2, -0.15) is 5.10 Å². The molecule has 0 saturated heterocycles. The lowest BCUT2D eigenvalue weighted by Gasteiger charge is -1.98. The summed E-state index contributed by atoms with van der Waals surface area (Å²) < 4.78 is 0. The first-order valence-corrected chi connectivity index (χ1v) is 4.21. The number of aromatic amines is 1. The molecule has 0 aliphatic heterocycles. The largest absolute Gasteiger partial charge is 0.360 e. The Labute approximate surface area is 77.0 Å². The number of hydrogen-bond acceptors (Lipinski definition) is 2. The maximum atomic E-state index is 10.9. The normalized spacial score (nSPS) is 11.4. The Bertz CT molecular complexity index is 301. The smallest absolute Gasteiger partial charge is 0.239 e. The van der Waals surface area contributed by atoms with E-state index in [1.807, 2.05) is 25.3 Å². The number of nitrogens with zero attached hydrogens (tertiary/aromatic N) is 1. The number of carbonyl (C=O) groups excluding carboxylic acids is 1. The summed E-state index contributed by atoms with van der Waals surface area (Å²) in [5.74, 6) is -0.0779. The Morgan fingerprint density at radius 2 is 2.46 bits per heavy atom. The standard InChI is InChI=1S/C9H13N3O/c1-3-9(13)12-11-7(2)8-5-4-6-10-8/h4-6,10H,3H2,1-2H3,(H,12,13)/b11-7-. The topological polar surface area (TPSA) is 57.2 Å². The Balaban J connectivity index is 2.57. The lowest BCUT2D eigenvalue weighted by Crippen LogP contribution is -2.17. The zero-order chi connectivity index (χ0) is 9.68. The number of rotatable bonds is 3. The first kappa shape index (κ1) is 9.51. The molecule has 0 fully saturated rings. The molecule has 0 bridgehead atoms. The van der Waals surface area contributed by atoms with Crippen LogP contribution in [0.25, 0.3) is 0 Å². The first-order valence-electron chi connectivity index (χ1n) is 4.21. The van der Waals surface area contributed by atoms with E-state index in [1.165, 1.54) is 0 Å². The van der Waals surface area contributed by atoms with Crippen molar-refractivity contribution >= 4 is 11.6 Å². The van der Waals surface area contributed by atoms with E-state index in [0.29, 0.717) is 6.42 Å². The molecule has 1 aromatic heterocycles. The van der Waals surface area contributed by atoms with Crippen molar-refractivity contribution in [3.05, 3.63) is 24.0 Å². The molecule has 4 heteroatoms. The fraction of sp³-hybridized carbons (Fsp3) is 0.333. The summed E-state index contributed by atoms with van der Waals surface area (Å²) in [6, 6.07) is 3.78. The van der Waals surface area contributed by atoms with Gasteiger partial charge in [0.1, 0.15) is 0 Å². The van der Waals surface area contributed by atoms with E-state index < -0.39 is 0 Å². The van der Waals surface area contributed by atoms with Crippen LogP contribution in [0.4, 0.5) is 0 Å². The number of aromatic nitrogens is 1. The highest BCUT2D eigenvalue weighted by molar-refractivity contribution is 5.97. The van der Waals surface area contributed by atoms with E-state index in [4.69, 9.17) is 0 Å². The van der Waals surface area contributed by atoms with Gasteiger partial charge in [0, 0.05) is 12.6 Å². The lowest BCUT2D eigenvalue weighted by molar-refractivity contribution is -0.120. The quantitative estimate of drug-likeness (QED) is 0.532. The Hall–Kier alpha value is -1.58. The summed E-state index contributed by atoms with van der Waals surface area (Å²) >= 11 is 0. The molecule has 1 rings (SSSR count). The highest BCUT2D eigenvalue weighted by atomic mass is 16.2. The maximum absolute atomic E-state index is 10.9. The van der Waals surface area contributed by atoms with E-state index in [0.717, 1.165) is 11.4 Å². The average Bonchev–Trinajstić information content (AvgIpc) is 2.66. The van der Waals surface area contributed by atoms with Crippen LogP contribution in [0.1, 0.15) is 26.0 Å². The van der Waals surface area contributed by atoms with Crippen molar-refractivity contribution in [1.82, 2.24) is 10.4 Å². The van der Waals surface area contributed by atoms with E-state index >= 15 is 0 Å². The number of hydrogen-bond donors (Lipinski definition) is 2. The fourth-order valence-electron chi connectivity index (χ4n) is 0.841. The molecule has 0 radical (unpaired) electrons. The van der Waals surface area contributed by atoms with Gasteiger partial charge in [0.2, 0.25) is 5.91 Å². The van der Waals surface area contributed by atoms with Crippen LogP contribution in [-0.2, 0) is 4.79 Å². The Morgan fingerprint density at radius 3 is 3.00 bits per heavy atom. The molecule has 0 unspecified atom stereocenters. The van der Waals surface area contributed by atoms with Crippen LogP contribution in [0, 0.1) is 0 Å². The molecule has 0 saturated carbocycles. The second kappa shape index (κ2) is 4.45. The van der Waals surface area contributed by atoms with Gasteiger partial charge in [0.15, 0.2) is 0 Å². The third-order valence-electron chi connectivity index (χ3n) is 1.66. The molecule has 0 aliphatic carbocycles. The summed E-state index contributed by atoms with van der Waals surface area (Å²) in [7, 11) is 0. The highest BCUT2D eigenvalue weighted by Gasteiger charge is 1.98. The monoisotopic (exact) mass is 179 g/mol. The molecule has 2 N–H and O–H groups in total. The minimum atomic E-state index is -0.0779. The molecule has 4 nitrogen and oxygen atoms in total. The number of H-pyrrole nitrogens is 1. The van der Waals surface area contributed by atoms with E-state index in [2.05, 4.69) is 15.5 Å². The van der Waals surface area contributed by atoms with Crippen molar-refractivity contribution in [3.63, 3.8) is 0 Å². The van der Waals surface area contributed by atoms with Gasteiger partial charge in [-0.25, -0.2) is 5.43 Å². The van der Waals surface area contributed by atoms with E-state index in [9.17, 15) is 4.79 Å². The molecule has 13 heavy (non-hydrogen) atoms. The summed E-state index contributed by atoms with van der Waals surface area (Å²) in [6.07, 6.45) is 2.26. The van der Waals surface area contributed by atoms with Crippen LogP contribution in [-0.4, -0.2) is 16.6 Å². The minimum absolute atomic E-state index is 0.0779. The summed E-state index contributed by atoms with van der Waals surface area (Å²) in [5.41, 5.74) is 4.13. The molecule has 0 atom stereocenters. The second-order valence-corrected chi connectivity index (χ2v) is 2.67. The Kier molecular flexibility index (Phi) is 3.25. The van der Waals surface area contributed by atoms with Gasteiger partial charge >= 0.3 is 0 Å². The highest BCUT2D eigenvalue weighted by Crippen LogP contribution is 1.95. The van der Waals surface area contributed by atoms with Gasteiger partial charge in [-0.05, 0) is 19.1 Å². The molecule has 1 amide bonds. The summed E-state index contributed by atoms with van der Waals surface area (Å²) in [6.45, 7) is 3.62. The summed E-state index contributed by atoms with van der Waals surface area (Å²) in [5, 5.41) is 3.92. The van der Waals surface area contributed by atoms with Crippen molar-refractivity contribution in [2.75, 3.05) is 0 Å². The third kappa shape index (κ3) is 2.74. The van der Waals surface area contributed by atoms with Crippen LogP contribution in [0.3, 0.4) is 0 Å². The van der Waals surface area contributed by atoms with Gasteiger partial charge < -0.3 is 4.98 Å². The molecule has 0 aliphatic rings. The van der Waals surface area contributed by atoms with Gasteiger partial charge in [0.05, 0.1) is 11.4 Å². The van der Waals surface area contributed by atoms with Gasteiger partial charge in [-0.1, -0.05) is 6.92 Å². The predicted octanol–water partition coefficient (Wildman–Crippen LogP) is 1.26. The number of amides is 1. The second-order valence-electron chi connectivity index (χ2n) is 2.67. The molecular weight excluding hydrogens is 166 g/mol. The van der Waals surface area contributed by atoms with Crippen molar-refractivity contribution in [1.29, 1.82) is 0 Å². The molecule has 1 heterocycles. The van der Waals surface area contributed by atoms with E-state index in [-0.39, 0.29) is 5.91 Å². The van der Waals surface area contributed by atoms with Gasteiger partial charge in [-0.15, -0.1) is 0 Å². The van der Waals surface area contributed by atoms with E-state index in [1.54, 1.807) is 6.92 Å². The van der Waals surface area contributed by atoms with Crippen LogP contribution in [0.5, 0.6) is 0 Å². The number of nitrogens with one attached hydrogen (secondary N) is 2. The summed E-state index contributed by atoms with van der Waals surface area (Å²) in [4.78, 5) is 13.9. The van der Waals surface area contributed by atoms with Gasteiger partial charge in [0.25, 0.3) is 0 Å². The molecular formula is C9H13N3O. The molecule has 0 spiro atoms. The maximum Gasteiger partial charge on any atom is 0.239 e. The SMILES string of the molecule is CCC(=O)N/N=C(/C)c1ccc[nH]1. The van der Waals surface area contributed by atoms with Crippen molar-refractivity contribution in [2.45, 2.75) is 20.3 Å². The first-order chi connectivity index (χ1) is 6.24. The Morgan fingerprint density at radius 1 is 1.69 bits per heavy atom. The predicted molar refractivity (Wildman–Crippen MR) is 51.4 cm³/mol. The molecule has 0 aromatic carbocycles. The van der Waals surface area contributed by atoms with Gasteiger partial charge in [-0.3, -0.25) is 4.79 Å². The lowest BCUT2D eigenvalue weighted by atomic mass is 10.3. The number of carbonyl (C=O) groups is 1. The molecule has 70 valence electrons. The zero-order valence-electron chi connectivity index (χ0n) is 7.79. The number of hydrazone groups is 1. The fourth-order valence-corrected chi connectivity index (χ4v) is 0.841. The molecule has 1 aromatic rings. The zero-order valence-corrected chi connectivity index (χ0v) is 7.79. The van der Waals surface area contributed by atoms with Crippen LogP contribution < -0.4 is 5.43 Å². The third-order valence-corrected chi connectivity index (χ3v) is 1.66. The van der Waals surface area contributed by atoms with Crippen LogP contribution >= 0.6 is 0 Å². The van der Waals surface area contributed by atoms with Crippen molar-refractivity contribution in [2.24, 2.45) is 5.10 Å². The van der Waals surface area contributed by atoms with Crippen LogP contribution in [0.15, 0.2) is 23.4 Å². The van der Waals surface area contributed by atoms with Crippen molar-refractivity contribution in [3.8, 4) is 0 Å². The van der Waals surface area contributed by atoms with Crippen LogP contribution in [0.2, 0.25) is 0 Å².